The summed E-state index contributed by atoms with van der Waals surface area (Å²) in [4.78, 5) is 0. The molecule has 0 aromatic heterocycles. The monoisotopic (exact) mass is 268 g/mol. The lowest BCUT2D eigenvalue weighted by molar-refractivity contribution is 0.00578. The molecule has 1 aliphatic rings. The van der Waals surface area contributed by atoms with Crippen molar-refractivity contribution in [3.8, 4) is 0 Å². The van der Waals surface area contributed by atoms with E-state index < -0.39 is 18.3 Å². The van der Waals surface area contributed by atoms with Gasteiger partial charge in [0.1, 0.15) is 5.76 Å². The summed E-state index contributed by atoms with van der Waals surface area (Å²) in [6, 6.07) is 0. The van der Waals surface area contributed by atoms with Crippen LogP contribution in [0.25, 0.3) is 0 Å². The van der Waals surface area contributed by atoms with E-state index in [1.165, 1.54) is 0 Å². The van der Waals surface area contributed by atoms with Gasteiger partial charge in [0.05, 0.1) is 24.4 Å². The largest absolute Gasteiger partial charge is 0.497 e. The maximum Gasteiger partial charge on any atom is 0.497 e. The Balaban J connectivity index is 3.17. The van der Waals surface area contributed by atoms with Crippen LogP contribution in [0.15, 0.2) is 23.9 Å². The zero-order valence-corrected chi connectivity index (χ0v) is 13.1. The van der Waals surface area contributed by atoms with Crippen LogP contribution in [-0.2, 0) is 18.8 Å². The predicted octanol–water partition coefficient (Wildman–Crippen LogP) is 2.74. The Bertz CT molecular complexity index is 358. The second kappa shape index (κ2) is 5.69. The third-order valence-electron chi connectivity index (χ3n) is 3.99. The van der Waals surface area contributed by atoms with E-state index in [0.29, 0.717) is 5.76 Å². The van der Waals surface area contributed by atoms with Crippen molar-refractivity contribution in [2.75, 3.05) is 14.2 Å². The first-order valence-corrected chi connectivity index (χ1v) is 6.49. The summed E-state index contributed by atoms with van der Waals surface area (Å²) in [6.45, 7) is 13.8. The molecule has 0 spiro atoms. The third-order valence-corrected chi connectivity index (χ3v) is 3.99. The smallest absolute Gasteiger partial charge is 0.497 e. The van der Waals surface area contributed by atoms with Crippen LogP contribution < -0.4 is 0 Å². The quantitative estimate of drug-likeness (QED) is 0.436. The molecule has 1 fully saturated rings. The van der Waals surface area contributed by atoms with Gasteiger partial charge in [0, 0.05) is 12.6 Å². The fraction of sp³-hybridized carbons (Fsp3) is 0.714. The minimum atomic E-state index is -0.493. The summed E-state index contributed by atoms with van der Waals surface area (Å²) in [5, 5.41) is 0. The Morgan fingerprint density at radius 1 is 1.16 bits per heavy atom. The van der Waals surface area contributed by atoms with Crippen molar-refractivity contribution in [3.63, 3.8) is 0 Å². The highest BCUT2D eigenvalue weighted by Crippen LogP contribution is 2.40. The standard InChI is InChI=1S/C14H25BO4/c1-9-11(17-8)12(10(2)16-7)15-18-13(3,4)14(5,6)19-15/h9-10H,1H2,2-8H3/b12-11+/t10-/m1/s1. The van der Waals surface area contributed by atoms with Gasteiger partial charge >= 0.3 is 7.12 Å². The SMILES string of the molecule is C=C/C(OC)=C(\B1OC(C)(C)C(C)(C)O1)[C@@H](C)OC. The molecular formula is C14H25BO4. The van der Waals surface area contributed by atoms with E-state index in [4.69, 9.17) is 18.8 Å². The molecule has 1 rings (SSSR count). The number of allylic oxidation sites excluding steroid dienone is 1. The average molecular weight is 268 g/mol. The number of rotatable bonds is 5. The molecule has 0 amide bonds. The summed E-state index contributed by atoms with van der Waals surface area (Å²) < 4.78 is 22.8. The van der Waals surface area contributed by atoms with Crippen molar-refractivity contribution in [1.29, 1.82) is 0 Å². The zero-order chi connectivity index (χ0) is 14.8. The molecule has 108 valence electrons. The van der Waals surface area contributed by atoms with E-state index >= 15 is 0 Å². The molecule has 1 aliphatic heterocycles. The molecule has 1 heterocycles. The molecular weight excluding hydrogens is 243 g/mol. The molecule has 1 saturated heterocycles. The van der Waals surface area contributed by atoms with E-state index in [0.717, 1.165) is 5.47 Å². The third kappa shape index (κ3) is 3.04. The van der Waals surface area contributed by atoms with Gasteiger partial charge in [-0.1, -0.05) is 6.58 Å². The number of methoxy groups -OCH3 is 2. The number of ether oxygens (including phenoxy) is 2. The molecule has 5 heteroatoms. The van der Waals surface area contributed by atoms with E-state index in [2.05, 4.69) is 6.58 Å². The second-order valence-electron chi connectivity index (χ2n) is 5.69. The van der Waals surface area contributed by atoms with Crippen molar-refractivity contribution >= 4 is 7.12 Å². The number of hydrogen-bond donors (Lipinski definition) is 0. The van der Waals surface area contributed by atoms with Crippen molar-refractivity contribution in [2.24, 2.45) is 0 Å². The van der Waals surface area contributed by atoms with Crippen molar-refractivity contribution < 1.29 is 18.8 Å². The van der Waals surface area contributed by atoms with Crippen molar-refractivity contribution in [1.82, 2.24) is 0 Å². The molecule has 19 heavy (non-hydrogen) atoms. The predicted molar refractivity (Wildman–Crippen MR) is 76.8 cm³/mol. The molecule has 0 bridgehead atoms. The van der Waals surface area contributed by atoms with Gasteiger partial charge in [0.2, 0.25) is 0 Å². The first-order valence-electron chi connectivity index (χ1n) is 6.49. The molecule has 0 N–H and O–H groups in total. The summed E-state index contributed by atoms with van der Waals surface area (Å²) in [7, 11) is 2.75. The summed E-state index contributed by atoms with van der Waals surface area (Å²) >= 11 is 0. The first-order chi connectivity index (χ1) is 8.70. The van der Waals surface area contributed by atoms with Crippen LogP contribution in [0.1, 0.15) is 34.6 Å². The van der Waals surface area contributed by atoms with E-state index in [9.17, 15) is 0 Å². The maximum absolute atomic E-state index is 6.05. The Hall–Kier alpha value is -0.775. The highest BCUT2D eigenvalue weighted by molar-refractivity contribution is 6.55. The normalized spacial score (nSPS) is 23.8. The molecule has 0 unspecified atom stereocenters. The Morgan fingerprint density at radius 2 is 1.63 bits per heavy atom. The Morgan fingerprint density at radius 3 is 1.95 bits per heavy atom. The van der Waals surface area contributed by atoms with Gasteiger partial charge in [-0.25, -0.2) is 0 Å². The van der Waals surface area contributed by atoms with Gasteiger partial charge in [0.25, 0.3) is 0 Å². The van der Waals surface area contributed by atoms with E-state index in [1.807, 2.05) is 34.6 Å². The Kier molecular flexibility index (Phi) is 4.88. The van der Waals surface area contributed by atoms with Crippen LogP contribution in [0, 0.1) is 0 Å². The van der Waals surface area contributed by atoms with Gasteiger partial charge in [0.15, 0.2) is 0 Å². The summed E-state index contributed by atoms with van der Waals surface area (Å²) in [6.07, 6.45) is 1.47. The Labute approximate surface area is 116 Å². The molecule has 0 radical (unpaired) electrons. The highest BCUT2D eigenvalue weighted by Gasteiger charge is 2.53. The van der Waals surface area contributed by atoms with Gasteiger partial charge < -0.3 is 18.8 Å². The average Bonchev–Trinajstić information content (AvgIpc) is 2.53. The van der Waals surface area contributed by atoms with Crippen LogP contribution in [0.5, 0.6) is 0 Å². The van der Waals surface area contributed by atoms with Crippen LogP contribution in [0.4, 0.5) is 0 Å². The topological polar surface area (TPSA) is 36.9 Å². The van der Waals surface area contributed by atoms with Crippen LogP contribution in [-0.4, -0.2) is 38.6 Å². The van der Waals surface area contributed by atoms with Gasteiger partial charge in [-0.3, -0.25) is 0 Å². The number of hydrogen-bond acceptors (Lipinski definition) is 4. The zero-order valence-electron chi connectivity index (χ0n) is 13.1. The van der Waals surface area contributed by atoms with Crippen LogP contribution in [0.2, 0.25) is 0 Å². The van der Waals surface area contributed by atoms with Crippen LogP contribution >= 0.6 is 0 Å². The van der Waals surface area contributed by atoms with Gasteiger partial charge in [-0.15, -0.1) is 0 Å². The van der Waals surface area contributed by atoms with Gasteiger partial charge in [-0.05, 0) is 40.7 Å². The van der Waals surface area contributed by atoms with Crippen LogP contribution in [0.3, 0.4) is 0 Å². The fourth-order valence-corrected chi connectivity index (χ4v) is 1.92. The lowest BCUT2D eigenvalue weighted by Gasteiger charge is -2.32. The summed E-state index contributed by atoms with van der Waals surface area (Å²) in [5.74, 6) is 0.632. The molecule has 0 aromatic rings. The molecule has 0 aromatic carbocycles. The van der Waals surface area contributed by atoms with Crippen molar-refractivity contribution in [2.45, 2.75) is 51.9 Å². The minimum absolute atomic E-state index is 0.178. The highest BCUT2D eigenvalue weighted by atomic mass is 16.7. The molecule has 4 nitrogen and oxygen atoms in total. The first kappa shape index (κ1) is 16.3. The van der Waals surface area contributed by atoms with Crippen molar-refractivity contribution in [3.05, 3.63) is 23.9 Å². The maximum atomic E-state index is 6.05. The lowest BCUT2D eigenvalue weighted by atomic mass is 9.74. The second-order valence-corrected chi connectivity index (χ2v) is 5.69. The van der Waals surface area contributed by atoms with E-state index in [-0.39, 0.29) is 6.10 Å². The lowest BCUT2D eigenvalue weighted by Crippen LogP contribution is -2.41. The van der Waals surface area contributed by atoms with Gasteiger partial charge in [-0.2, -0.15) is 0 Å². The minimum Gasteiger partial charge on any atom is -0.497 e. The fourth-order valence-electron chi connectivity index (χ4n) is 1.92. The molecule has 0 saturated carbocycles. The molecule has 0 aliphatic carbocycles. The van der Waals surface area contributed by atoms with E-state index in [1.54, 1.807) is 20.3 Å². The molecule has 1 atom stereocenters. The summed E-state index contributed by atoms with van der Waals surface area (Å²) in [5.41, 5.74) is 0.0333.